The summed E-state index contributed by atoms with van der Waals surface area (Å²) in [6.07, 6.45) is 3.66. The Bertz CT molecular complexity index is 662. The first-order chi connectivity index (χ1) is 8.78. The number of nitrogens with zero attached hydrogens (tertiary/aromatic N) is 4. The quantitative estimate of drug-likeness (QED) is 0.898. The number of rotatable bonds is 3. The molecule has 0 unspecified atom stereocenters. The second kappa shape index (κ2) is 4.31. The van der Waals surface area contributed by atoms with Crippen molar-refractivity contribution in [1.82, 2.24) is 19.7 Å². The van der Waals surface area contributed by atoms with Crippen molar-refractivity contribution in [3.8, 4) is 6.07 Å². The van der Waals surface area contributed by atoms with Crippen molar-refractivity contribution in [1.29, 1.82) is 5.26 Å². The van der Waals surface area contributed by atoms with Gasteiger partial charge in [-0.3, -0.25) is 4.57 Å². The summed E-state index contributed by atoms with van der Waals surface area (Å²) in [6.45, 7) is 0. The second-order valence-electron chi connectivity index (χ2n) is 4.01. The van der Waals surface area contributed by atoms with Crippen LogP contribution in [0.5, 0.6) is 0 Å². The summed E-state index contributed by atoms with van der Waals surface area (Å²) < 4.78 is 1.68. The Labute approximate surface area is 107 Å². The number of H-pyrrole nitrogens is 1. The van der Waals surface area contributed by atoms with E-state index in [1.807, 2.05) is 6.07 Å². The van der Waals surface area contributed by atoms with Gasteiger partial charge in [0.15, 0.2) is 5.16 Å². The molecule has 90 valence electrons. The number of nitrogens with one attached hydrogen (secondary N) is 1. The van der Waals surface area contributed by atoms with Crippen LogP contribution >= 0.6 is 11.8 Å². The highest BCUT2D eigenvalue weighted by Crippen LogP contribution is 2.37. The van der Waals surface area contributed by atoms with Gasteiger partial charge >= 0.3 is 5.69 Å². The summed E-state index contributed by atoms with van der Waals surface area (Å²) in [7, 11) is 0. The van der Waals surface area contributed by atoms with Gasteiger partial charge in [0, 0.05) is 17.1 Å². The lowest BCUT2D eigenvalue weighted by Gasteiger charge is -2.02. The zero-order valence-electron chi connectivity index (χ0n) is 9.33. The highest BCUT2D eigenvalue weighted by molar-refractivity contribution is 7.99. The lowest BCUT2D eigenvalue weighted by molar-refractivity contribution is 0.642. The molecular weight excluding hydrogens is 250 g/mol. The first kappa shape index (κ1) is 11.0. The molecule has 0 bridgehead atoms. The van der Waals surface area contributed by atoms with Crippen LogP contribution in [0, 0.1) is 11.3 Å². The summed E-state index contributed by atoms with van der Waals surface area (Å²) >= 11 is 1.37. The van der Waals surface area contributed by atoms with Gasteiger partial charge in [0.2, 0.25) is 0 Å². The number of pyridine rings is 1. The van der Waals surface area contributed by atoms with Gasteiger partial charge in [0.05, 0.1) is 0 Å². The van der Waals surface area contributed by atoms with Crippen LogP contribution in [0.2, 0.25) is 0 Å². The average Bonchev–Trinajstić information content (AvgIpc) is 3.16. The molecule has 1 fully saturated rings. The van der Waals surface area contributed by atoms with Crippen molar-refractivity contribution in [3.63, 3.8) is 0 Å². The molecule has 7 heteroatoms. The number of aromatic amines is 1. The van der Waals surface area contributed by atoms with E-state index in [1.165, 1.54) is 11.8 Å². The van der Waals surface area contributed by atoms with Gasteiger partial charge < -0.3 is 0 Å². The monoisotopic (exact) mass is 259 g/mol. The number of nitriles is 1. The van der Waals surface area contributed by atoms with Crippen LogP contribution in [0.15, 0.2) is 33.2 Å². The van der Waals surface area contributed by atoms with E-state index < -0.39 is 0 Å². The van der Waals surface area contributed by atoms with Crippen LogP contribution in [0.1, 0.15) is 24.6 Å². The molecule has 2 aromatic rings. The van der Waals surface area contributed by atoms with E-state index in [-0.39, 0.29) is 11.7 Å². The van der Waals surface area contributed by atoms with Crippen molar-refractivity contribution >= 4 is 11.8 Å². The maximum Gasteiger partial charge on any atom is 0.344 e. The Balaban J connectivity index is 1.88. The molecule has 0 radical (unpaired) electrons. The molecule has 0 atom stereocenters. The molecule has 1 aliphatic rings. The number of aromatic nitrogens is 4. The number of hydrogen-bond acceptors (Lipinski definition) is 5. The van der Waals surface area contributed by atoms with Gasteiger partial charge in [-0.1, -0.05) is 0 Å². The van der Waals surface area contributed by atoms with Crippen LogP contribution in [-0.2, 0) is 0 Å². The normalized spacial score (nSPS) is 14.4. The average molecular weight is 259 g/mol. The van der Waals surface area contributed by atoms with Gasteiger partial charge in [-0.15, -0.1) is 5.10 Å². The molecule has 0 aliphatic heterocycles. The molecule has 0 spiro atoms. The van der Waals surface area contributed by atoms with E-state index >= 15 is 0 Å². The van der Waals surface area contributed by atoms with Crippen LogP contribution in [-0.4, -0.2) is 19.7 Å². The van der Waals surface area contributed by atoms with Gasteiger partial charge in [0.25, 0.3) is 0 Å². The van der Waals surface area contributed by atoms with Crippen LogP contribution < -0.4 is 5.69 Å². The predicted molar refractivity (Wildman–Crippen MR) is 64.2 cm³/mol. The molecule has 1 aliphatic carbocycles. The summed E-state index contributed by atoms with van der Waals surface area (Å²) in [5, 5.41) is 15.8. The van der Waals surface area contributed by atoms with E-state index in [1.54, 1.807) is 22.9 Å². The Hall–Kier alpha value is -2.07. The lowest BCUT2D eigenvalue weighted by atomic mass is 10.4. The maximum atomic E-state index is 11.6. The van der Waals surface area contributed by atoms with E-state index in [9.17, 15) is 4.79 Å². The van der Waals surface area contributed by atoms with E-state index in [2.05, 4.69) is 15.2 Å². The highest BCUT2D eigenvalue weighted by Gasteiger charge is 2.28. The van der Waals surface area contributed by atoms with Gasteiger partial charge in [-0.25, -0.2) is 14.9 Å². The van der Waals surface area contributed by atoms with Crippen molar-refractivity contribution in [2.45, 2.75) is 28.9 Å². The molecule has 1 saturated carbocycles. The summed E-state index contributed by atoms with van der Waals surface area (Å²) in [5.41, 5.74) is 0.211. The number of hydrogen-bond donors (Lipinski definition) is 1. The van der Waals surface area contributed by atoms with Crippen molar-refractivity contribution in [2.24, 2.45) is 0 Å². The molecule has 3 rings (SSSR count). The Morgan fingerprint density at radius 1 is 1.50 bits per heavy atom. The van der Waals surface area contributed by atoms with Crippen LogP contribution in [0.25, 0.3) is 0 Å². The molecule has 2 aromatic heterocycles. The Kier molecular flexibility index (Phi) is 2.64. The molecule has 2 heterocycles. The van der Waals surface area contributed by atoms with Crippen molar-refractivity contribution in [2.75, 3.05) is 0 Å². The summed E-state index contributed by atoms with van der Waals surface area (Å²) in [5.74, 6) is 0. The Morgan fingerprint density at radius 3 is 2.94 bits per heavy atom. The molecule has 18 heavy (non-hydrogen) atoms. The molecule has 0 amide bonds. The van der Waals surface area contributed by atoms with Gasteiger partial charge in [-0.2, -0.15) is 5.26 Å². The fourth-order valence-corrected chi connectivity index (χ4v) is 2.50. The van der Waals surface area contributed by atoms with E-state index in [4.69, 9.17) is 5.26 Å². The smallest absolute Gasteiger partial charge is 0.267 e. The first-order valence-electron chi connectivity index (χ1n) is 5.49. The maximum absolute atomic E-state index is 11.6. The van der Waals surface area contributed by atoms with E-state index in [0.29, 0.717) is 10.9 Å². The molecule has 6 nitrogen and oxygen atoms in total. The topological polar surface area (TPSA) is 87.4 Å². The fourth-order valence-electron chi connectivity index (χ4n) is 1.63. The lowest BCUT2D eigenvalue weighted by Crippen LogP contribution is -2.15. The minimum absolute atomic E-state index is 0.165. The standard InChI is InChI=1S/C11H9N5OS/c12-5-7-1-4-9(6-13-7)18-11-15-14-10(17)16(11)8-2-3-8/h1,4,6,8H,2-3H2,(H,14,17). The predicted octanol–water partition coefficient (Wildman–Crippen LogP) is 1.32. The van der Waals surface area contributed by atoms with Crippen LogP contribution in [0.3, 0.4) is 0 Å². The minimum atomic E-state index is -0.165. The molecule has 0 aromatic carbocycles. The largest absolute Gasteiger partial charge is 0.344 e. The van der Waals surface area contributed by atoms with Gasteiger partial charge in [0.1, 0.15) is 11.8 Å². The highest BCUT2D eigenvalue weighted by atomic mass is 32.2. The van der Waals surface area contributed by atoms with E-state index in [0.717, 1.165) is 17.7 Å². The Morgan fingerprint density at radius 2 is 2.33 bits per heavy atom. The SMILES string of the molecule is N#Cc1ccc(Sc2n[nH]c(=O)n2C2CC2)cn1. The molecule has 0 saturated heterocycles. The first-order valence-corrected chi connectivity index (χ1v) is 6.30. The zero-order chi connectivity index (χ0) is 12.5. The third-order valence-electron chi connectivity index (χ3n) is 2.64. The van der Waals surface area contributed by atoms with Crippen LogP contribution in [0.4, 0.5) is 0 Å². The van der Waals surface area contributed by atoms with Crippen molar-refractivity contribution in [3.05, 3.63) is 34.5 Å². The fraction of sp³-hybridized carbons (Fsp3) is 0.273. The molecular formula is C11H9N5OS. The third kappa shape index (κ3) is 2.02. The molecule has 1 N–H and O–H groups in total. The minimum Gasteiger partial charge on any atom is -0.267 e. The second-order valence-corrected chi connectivity index (χ2v) is 5.05. The van der Waals surface area contributed by atoms with Crippen molar-refractivity contribution < 1.29 is 0 Å². The van der Waals surface area contributed by atoms with Gasteiger partial charge in [-0.05, 0) is 36.7 Å². The zero-order valence-corrected chi connectivity index (χ0v) is 10.1. The third-order valence-corrected chi connectivity index (χ3v) is 3.59. The summed E-state index contributed by atoms with van der Waals surface area (Å²) in [4.78, 5) is 16.4. The summed E-state index contributed by atoms with van der Waals surface area (Å²) in [6, 6.07) is 5.69.